The van der Waals surface area contributed by atoms with Gasteiger partial charge >= 0.3 is 0 Å². The average Bonchev–Trinajstić information content (AvgIpc) is 2.34. The average molecular weight is 253 g/mol. The molecule has 0 unspecified atom stereocenters. The van der Waals surface area contributed by atoms with Crippen molar-refractivity contribution in [1.29, 1.82) is 0 Å². The highest BCUT2D eigenvalue weighted by Gasteiger charge is 2.22. The van der Waals surface area contributed by atoms with Crippen molar-refractivity contribution in [3.8, 4) is 11.5 Å². The smallest absolute Gasteiger partial charge is 0.284 e. The molecule has 0 aliphatic carbocycles. The van der Waals surface area contributed by atoms with E-state index in [1.165, 1.54) is 26.2 Å². The molecule has 6 nitrogen and oxygen atoms in total. The maximum Gasteiger partial charge on any atom is 0.284 e. The van der Waals surface area contributed by atoms with Crippen LogP contribution in [0.5, 0.6) is 11.5 Å². The largest absolute Gasteiger partial charge is 0.493 e. The van der Waals surface area contributed by atoms with Gasteiger partial charge in [0.25, 0.3) is 5.69 Å². The summed E-state index contributed by atoms with van der Waals surface area (Å²) < 4.78 is 10.4. The van der Waals surface area contributed by atoms with Crippen LogP contribution in [0, 0.1) is 10.1 Å². The van der Waals surface area contributed by atoms with Gasteiger partial charge in [-0.15, -0.1) is 0 Å². The first kappa shape index (κ1) is 14.0. The van der Waals surface area contributed by atoms with Crippen LogP contribution in [0.1, 0.15) is 30.6 Å². The van der Waals surface area contributed by atoms with Gasteiger partial charge in [0.1, 0.15) is 0 Å². The number of methoxy groups -OCH3 is 1. The van der Waals surface area contributed by atoms with Crippen molar-refractivity contribution in [2.24, 2.45) is 0 Å². The van der Waals surface area contributed by atoms with Gasteiger partial charge in [0.05, 0.1) is 30.3 Å². The molecule has 0 aliphatic heterocycles. The quantitative estimate of drug-likeness (QED) is 0.442. The van der Waals surface area contributed by atoms with Gasteiger partial charge in [0.2, 0.25) is 0 Å². The van der Waals surface area contributed by atoms with E-state index in [1.807, 2.05) is 6.92 Å². The van der Waals surface area contributed by atoms with Crippen LogP contribution in [-0.2, 0) is 0 Å². The molecule has 1 rings (SSSR count). The normalized spacial score (nSPS) is 9.94. The molecule has 0 fully saturated rings. The standard InChI is InChI=1S/C12H15NO5/c1-4-5-18-12-6-9(8(2)14)10(13(15)16)7-11(12)17-3/h6-7H,4-5H2,1-3H3. The second-order valence-corrected chi connectivity index (χ2v) is 3.68. The van der Waals surface area contributed by atoms with Crippen LogP contribution in [0.15, 0.2) is 12.1 Å². The molecule has 0 amide bonds. The van der Waals surface area contributed by atoms with Gasteiger partial charge in [-0.2, -0.15) is 0 Å². The van der Waals surface area contributed by atoms with Crippen molar-refractivity contribution in [3.05, 3.63) is 27.8 Å². The summed E-state index contributed by atoms with van der Waals surface area (Å²) in [4.78, 5) is 21.7. The molecule has 1 aromatic carbocycles. The summed E-state index contributed by atoms with van der Waals surface area (Å²) >= 11 is 0. The van der Waals surface area contributed by atoms with Gasteiger partial charge in [0.15, 0.2) is 17.3 Å². The number of nitrogens with zero attached hydrogens (tertiary/aromatic N) is 1. The Kier molecular flexibility index (Phi) is 4.65. The molecule has 0 aliphatic rings. The number of ketones is 1. The second-order valence-electron chi connectivity index (χ2n) is 3.68. The zero-order valence-electron chi connectivity index (χ0n) is 10.6. The second kappa shape index (κ2) is 6.00. The lowest BCUT2D eigenvalue weighted by atomic mass is 10.1. The lowest BCUT2D eigenvalue weighted by Gasteiger charge is -2.11. The molecular formula is C12H15NO5. The fourth-order valence-electron chi connectivity index (χ4n) is 1.47. The van der Waals surface area contributed by atoms with Crippen LogP contribution in [0.4, 0.5) is 5.69 Å². The molecule has 0 saturated carbocycles. The highest BCUT2D eigenvalue weighted by atomic mass is 16.6. The van der Waals surface area contributed by atoms with E-state index in [0.717, 1.165) is 6.42 Å². The van der Waals surface area contributed by atoms with Crippen molar-refractivity contribution in [2.45, 2.75) is 20.3 Å². The predicted octanol–water partition coefficient (Wildman–Crippen LogP) is 2.59. The van der Waals surface area contributed by atoms with Crippen LogP contribution in [0.3, 0.4) is 0 Å². The van der Waals surface area contributed by atoms with Crippen LogP contribution in [0.2, 0.25) is 0 Å². The Morgan fingerprint density at radius 2 is 2.06 bits per heavy atom. The van der Waals surface area contributed by atoms with Crippen molar-refractivity contribution < 1.29 is 19.2 Å². The Morgan fingerprint density at radius 3 is 2.50 bits per heavy atom. The summed E-state index contributed by atoms with van der Waals surface area (Å²) in [5, 5.41) is 10.9. The zero-order valence-corrected chi connectivity index (χ0v) is 10.6. The van der Waals surface area contributed by atoms with E-state index < -0.39 is 4.92 Å². The monoisotopic (exact) mass is 253 g/mol. The molecule has 1 aromatic rings. The van der Waals surface area contributed by atoms with Gasteiger partial charge in [-0.3, -0.25) is 14.9 Å². The Hall–Kier alpha value is -2.11. The molecule has 0 heterocycles. The number of carbonyl (C=O) groups is 1. The van der Waals surface area contributed by atoms with E-state index in [0.29, 0.717) is 12.4 Å². The molecule has 0 radical (unpaired) electrons. The van der Waals surface area contributed by atoms with Gasteiger partial charge in [-0.25, -0.2) is 0 Å². The van der Waals surface area contributed by atoms with Gasteiger partial charge in [-0.05, 0) is 13.3 Å². The highest BCUT2D eigenvalue weighted by molar-refractivity contribution is 5.98. The fraction of sp³-hybridized carbons (Fsp3) is 0.417. The third-order valence-corrected chi connectivity index (χ3v) is 2.32. The van der Waals surface area contributed by atoms with Crippen molar-refractivity contribution in [2.75, 3.05) is 13.7 Å². The molecule has 18 heavy (non-hydrogen) atoms. The lowest BCUT2D eigenvalue weighted by Crippen LogP contribution is -2.04. The number of rotatable bonds is 6. The number of ether oxygens (including phenoxy) is 2. The first-order valence-electron chi connectivity index (χ1n) is 5.51. The number of Topliss-reactive ketones (excluding diaryl/α,β-unsaturated/α-hetero) is 1. The molecule has 0 atom stereocenters. The minimum Gasteiger partial charge on any atom is -0.493 e. The number of nitro groups is 1. The summed E-state index contributed by atoms with van der Waals surface area (Å²) in [6, 6.07) is 2.57. The Morgan fingerprint density at radius 1 is 1.39 bits per heavy atom. The van der Waals surface area contributed by atoms with Crippen LogP contribution >= 0.6 is 0 Å². The summed E-state index contributed by atoms with van der Waals surface area (Å²) in [5.41, 5.74) is -0.255. The van der Waals surface area contributed by atoms with Gasteiger partial charge in [0, 0.05) is 6.07 Å². The Labute approximate surface area is 105 Å². The number of hydrogen-bond acceptors (Lipinski definition) is 5. The number of carbonyl (C=O) groups excluding carboxylic acids is 1. The summed E-state index contributed by atoms with van der Waals surface area (Å²) in [7, 11) is 1.39. The fourth-order valence-corrected chi connectivity index (χ4v) is 1.47. The zero-order chi connectivity index (χ0) is 13.7. The van der Waals surface area contributed by atoms with Crippen LogP contribution in [0.25, 0.3) is 0 Å². The molecular weight excluding hydrogens is 238 g/mol. The van der Waals surface area contributed by atoms with E-state index in [2.05, 4.69) is 0 Å². The van der Waals surface area contributed by atoms with Crippen LogP contribution in [-0.4, -0.2) is 24.4 Å². The van der Waals surface area contributed by atoms with Gasteiger partial charge in [-0.1, -0.05) is 6.92 Å². The minimum atomic E-state index is -0.608. The van der Waals surface area contributed by atoms with Crippen LogP contribution < -0.4 is 9.47 Å². The highest BCUT2D eigenvalue weighted by Crippen LogP contribution is 2.34. The third-order valence-electron chi connectivity index (χ3n) is 2.32. The molecule has 0 bridgehead atoms. The molecule has 0 N–H and O–H groups in total. The SMILES string of the molecule is CCCOc1cc(C(C)=O)c([N+](=O)[O-])cc1OC. The van der Waals surface area contributed by atoms with Crippen molar-refractivity contribution in [1.82, 2.24) is 0 Å². The molecule has 0 saturated heterocycles. The molecule has 0 spiro atoms. The van der Waals surface area contributed by atoms with Gasteiger partial charge < -0.3 is 9.47 Å². The minimum absolute atomic E-state index is 0.0203. The van der Waals surface area contributed by atoms with E-state index >= 15 is 0 Å². The number of hydrogen-bond donors (Lipinski definition) is 0. The Bertz CT molecular complexity index is 470. The summed E-state index contributed by atoms with van der Waals surface area (Å²) in [6.45, 7) is 3.66. The third kappa shape index (κ3) is 2.97. The molecule has 6 heteroatoms. The molecule has 98 valence electrons. The number of nitro benzene ring substituents is 1. The van der Waals surface area contributed by atoms with Crippen molar-refractivity contribution in [3.63, 3.8) is 0 Å². The summed E-state index contributed by atoms with van der Waals surface area (Å²) in [5.74, 6) is 0.209. The number of benzene rings is 1. The van der Waals surface area contributed by atoms with E-state index in [4.69, 9.17) is 9.47 Å². The lowest BCUT2D eigenvalue weighted by molar-refractivity contribution is -0.385. The first-order chi connectivity index (χ1) is 8.51. The maximum atomic E-state index is 11.4. The predicted molar refractivity (Wildman–Crippen MR) is 65.4 cm³/mol. The first-order valence-corrected chi connectivity index (χ1v) is 5.51. The van der Waals surface area contributed by atoms with E-state index in [-0.39, 0.29) is 22.8 Å². The maximum absolute atomic E-state index is 11.4. The van der Waals surface area contributed by atoms with E-state index in [1.54, 1.807) is 0 Å². The topological polar surface area (TPSA) is 78.7 Å². The summed E-state index contributed by atoms with van der Waals surface area (Å²) in [6.07, 6.45) is 0.787. The van der Waals surface area contributed by atoms with E-state index in [9.17, 15) is 14.9 Å². The Balaban J connectivity index is 3.31. The van der Waals surface area contributed by atoms with Crippen molar-refractivity contribution >= 4 is 11.5 Å². The molecule has 0 aromatic heterocycles.